The smallest absolute Gasteiger partial charge is 0.214 e. The molecule has 4 rings (SSSR count). The van der Waals surface area contributed by atoms with Gasteiger partial charge in [-0.05, 0) is 34.0 Å². The maximum atomic E-state index is 6.16. The van der Waals surface area contributed by atoms with Crippen LogP contribution in [0.5, 0.6) is 0 Å². The third-order valence-corrected chi connectivity index (χ3v) is 5.62. The molecule has 0 aliphatic heterocycles. The van der Waals surface area contributed by atoms with Crippen LogP contribution < -0.4 is 5.32 Å². The van der Waals surface area contributed by atoms with E-state index >= 15 is 0 Å². The number of hydrogen-bond acceptors (Lipinski definition) is 5. The summed E-state index contributed by atoms with van der Waals surface area (Å²) in [5.74, 6) is 0.533. The Morgan fingerprint density at radius 3 is 2.70 bits per heavy atom. The summed E-state index contributed by atoms with van der Waals surface area (Å²) in [6.07, 6.45) is 0. The highest BCUT2D eigenvalue weighted by molar-refractivity contribution is 8.01. The largest absolute Gasteiger partial charge is 0.348 e. The molecule has 1 heterocycles. The van der Waals surface area contributed by atoms with Crippen LogP contribution in [0.3, 0.4) is 0 Å². The van der Waals surface area contributed by atoms with E-state index in [-0.39, 0.29) is 0 Å². The number of rotatable bonds is 5. The Kier molecular flexibility index (Phi) is 5.33. The first-order chi connectivity index (χ1) is 13.2. The van der Waals surface area contributed by atoms with Crippen molar-refractivity contribution in [3.8, 4) is 5.69 Å². The van der Waals surface area contributed by atoms with E-state index in [1.165, 1.54) is 11.8 Å². The van der Waals surface area contributed by atoms with Gasteiger partial charge in [0.15, 0.2) is 0 Å². The van der Waals surface area contributed by atoms with Crippen molar-refractivity contribution in [2.24, 2.45) is 0 Å². The summed E-state index contributed by atoms with van der Waals surface area (Å²) in [6.45, 7) is 0. The molecule has 1 N–H and O–H groups in total. The lowest BCUT2D eigenvalue weighted by Crippen LogP contribution is -2.12. The Morgan fingerprint density at radius 1 is 1.04 bits per heavy atom. The number of para-hydroxylation sites is 1. The van der Waals surface area contributed by atoms with Gasteiger partial charge < -0.3 is 5.32 Å². The number of thiocarbonyl (C=S) groups is 1. The molecular weight excluding hydrogens is 398 g/mol. The Hall–Kier alpha value is -2.48. The fraction of sp³-hybridized carbons (Fsp3) is 0.0526. The highest BCUT2D eigenvalue weighted by Crippen LogP contribution is 2.26. The molecule has 134 valence electrons. The van der Waals surface area contributed by atoms with Gasteiger partial charge in [0.1, 0.15) is 0 Å². The van der Waals surface area contributed by atoms with Gasteiger partial charge in [-0.1, -0.05) is 84.1 Å². The maximum absolute atomic E-state index is 6.16. The molecule has 1 aromatic heterocycles. The van der Waals surface area contributed by atoms with Crippen LogP contribution in [0.15, 0.2) is 71.9 Å². The van der Waals surface area contributed by atoms with E-state index < -0.39 is 0 Å². The number of aromatic nitrogens is 4. The van der Waals surface area contributed by atoms with E-state index in [4.69, 9.17) is 23.8 Å². The number of nitrogens with one attached hydrogen (secondary N) is 1. The average molecular weight is 412 g/mol. The molecule has 0 unspecified atom stereocenters. The number of fused-ring (bicyclic) bond motifs is 1. The number of benzene rings is 3. The summed E-state index contributed by atoms with van der Waals surface area (Å²) in [4.78, 5) is 0.653. The fourth-order valence-electron chi connectivity index (χ4n) is 2.69. The molecule has 0 saturated heterocycles. The monoisotopic (exact) mass is 411 g/mol. The third-order valence-electron chi connectivity index (χ3n) is 3.92. The maximum Gasteiger partial charge on any atom is 0.214 e. The topological polar surface area (TPSA) is 55.6 Å². The number of tetrazole rings is 1. The summed E-state index contributed by atoms with van der Waals surface area (Å²) < 4.78 is 1.74. The lowest BCUT2D eigenvalue weighted by Gasteiger charge is -2.10. The molecule has 8 heteroatoms. The van der Waals surface area contributed by atoms with Gasteiger partial charge in [-0.3, -0.25) is 0 Å². The lowest BCUT2D eigenvalue weighted by atomic mass is 10.1. The number of halogens is 1. The van der Waals surface area contributed by atoms with Gasteiger partial charge in [0.25, 0.3) is 0 Å². The zero-order valence-electron chi connectivity index (χ0n) is 14.0. The number of nitrogens with zero attached hydrogens (tertiary/aromatic N) is 4. The zero-order valence-corrected chi connectivity index (χ0v) is 16.4. The summed E-state index contributed by atoms with van der Waals surface area (Å²) >= 11 is 13.1. The van der Waals surface area contributed by atoms with Crippen LogP contribution in [0.25, 0.3) is 16.5 Å². The number of anilines is 1. The molecule has 0 bridgehead atoms. The molecule has 0 saturated carbocycles. The fourth-order valence-corrected chi connectivity index (χ4v) is 3.85. The molecule has 0 atom stereocenters. The van der Waals surface area contributed by atoms with Gasteiger partial charge in [0, 0.05) is 5.39 Å². The van der Waals surface area contributed by atoms with E-state index in [9.17, 15) is 0 Å². The van der Waals surface area contributed by atoms with E-state index in [2.05, 4.69) is 39.0 Å². The molecule has 0 amide bonds. The Labute approximate surface area is 170 Å². The number of thioether (sulfide) groups is 1. The normalized spacial score (nSPS) is 10.9. The quantitative estimate of drug-likeness (QED) is 0.368. The molecule has 0 fully saturated rings. The summed E-state index contributed by atoms with van der Waals surface area (Å²) in [5.41, 5.74) is 1.73. The third kappa shape index (κ3) is 3.95. The van der Waals surface area contributed by atoms with Gasteiger partial charge in [0.2, 0.25) is 5.16 Å². The van der Waals surface area contributed by atoms with E-state index in [0.717, 1.165) is 22.1 Å². The Morgan fingerprint density at radius 2 is 1.81 bits per heavy atom. The van der Waals surface area contributed by atoms with Crippen LogP contribution in [0.1, 0.15) is 0 Å². The Bertz CT molecular complexity index is 1110. The van der Waals surface area contributed by atoms with Crippen molar-refractivity contribution in [2.45, 2.75) is 5.16 Å². The second-order valence-corrected chi connectivity index (χ2v) is 7.53. The van der Waals surface area contributed by atoms with Crippen LogP contribution in [0, 0.1) is 0 Å². The van der Waals surface area contributed by atoms with Crippen molar-refractivity contribution in [1.82, 2.24) is 20.2 Å². The molecule has 0 radical (unpaired) electrons. The molecule has 0 spiro atoms. The van der Waals surface area contributed by atoms with E-state index in [1.807, 2.05) is 48.5 Å². The Balaban J connectivity index is 1.53. The first-order valence-corrected chi connectivity index (χ1v) is 9.93. The average Bonchev–Trinajstić information content (AvgIpc) is 3.16. The molecule has 3 aromatic carbocycles. The molecule has 4 aromatic rings. The molecular formula is C19H14ClN5S2. The zero-order chi connectivity index (χ0) is 18.6. The minimum absolute atomic E-state index is 0.533. The highest BCUT2D eigenvalue weighted by Gasteiger charge is 2.13. The summed E-state index contributed by atoms with van der Waals surface area (Å²) in [6, 6.07) is 21.7. The summed E-state index contributed by atoms with van der Waals surface area (Å²) in [7, 11) is 0. The van der Waals surface area contributed by atoms with Crippen LogP contribution in [0.2, 0.25) is 5.02 Å². The predicted molar refractivity (Wildman–Crippen MR) is 115 cm³/mol. The van der Waals surface area contributed by atoms with Gasteiger partial charge >= 0.3 is 0 Å². The second kappa shape index (κ2) is 8.04. The minimum atomic E-state index is 0.533. The van der Waals surface area contributed by atoms with E-state index in [1.54, 1.807) is 4.68 Å². The second-order valence-electron chi connectivity index (χ2n) is 5.69. The van der Waals surface area contributed by atoms with E-state index in [0.29, 0.717) is 20.9 Å². The van der Waals surface area contributed by atoms with Crippen molar-refractivity contribution in [3.05, 3.63) is 71.8 Å². The van der Waals surface area contributed by atoms with Crippen molar-refractivity contribution < 1.29 is 0 Å². The first-order valence-electron chi connectivity index (χ1n) is 8.16. The SMILES string of the molecule is S=C(CSc1nnnn1-c1cccc2ccccc12)Nc1ccccc1Cl. The van der Waals surface area contributed by atoms with Crippen molar-refractivity contribution >= 4 is 57.0 Å². The van der Waals surface area contributed by atoms with Gasteiger partial charge in [-0.25, -0.2) is 0 Å². The van der Waals surface area contributed by atoms with Crippen molar-refractivity contribution in [2.75, 3.05) is 11.1 Å². The van der Waals surface area contributed by atoms with Crippen molar-refractivity contribution in [3.63, 3.8) is 0 Å². The van der Waals surface area contributed by atoms with Crippen molar-refractivity contribution in [1.29, 1.82) is 0 Å². The molecule has 27 heavy (non-hydrogen) atoms. The molecule has 5 nitrogen and oxygen atoms in total. The van der Waals surface area contributed by atoms with Gasteiger partial charge in [-0.2, -0.15) is 4.68 Å². The minimum Gasteiger partial charge on any atom is -0.348 e. The predicted octanol–water partition coefficient (Wildman–Crippen LogP) is 5.00. The first kappa shape index (κ1) is 17.9. The molecule has 0 aliphatic carbocycles. The summed E-state index contributed by atoms with van der Waals surface area (Å²) in [5, 5.41) is 18.8. The van der Waals surface area contributed by atoms with Crippen LogP contribution in [-0.4, -0.2) is 30.9 Å². The lowest BCUT2D eigenvalue weighted by molar-refractivity contribution is 0.761. The molecule has 0 aliphatic rings. The van der Waals surface area contributed by atoms with Crippen LogP contribution in [0.4, 0.5) is 5.69 Å². The van der Waals surface area contributed by atoms with Crippen LogP contribution >= 0.6 is 35.6 Å². The van der Waals surface area contributed by atoms with Gasteiger partial charge in [0.05, 0.1) is 27.1 Å². The standard InChI is InChI=1S/C19H14ClN5S2/c20-15-9-3-4-10-16(15)21-18(26)12-27-19-22-23-24-25(19)17-11-5-7-13-6-1-2-8-14(13)17/h1-11H,12H2,(H,21,26). The highest BCUT2D eigenvalue weighted by atomic mass is 35.5. The van der Waals surface area contributed by atoms with Crippen LogP contribution in [-0.2, 0) is 0 Å². The van der Waals surface area contributed by atoms with Gasteiger partial charge in [-0.15, -0.1) is 5.10 Å². The number of hydrogen-bond donors (Lipinski definition) is 1.